The number of hydrogen-bond donors (Lipinski definition) is 1. The van der Waals surface area contributed by atoms with Crippen LogP contribution in [-0.4, -0.2) is 18.4 Å². The third-order valence-electron chi connectivity index (χ3n) is 4.01. The maximum absolute atomic E-state index is 12.4. The fourth-order valence-corrected chi connectivity index (χ4v) is 2.72. The number of anilines is 2. The molecule has 2 aromatic carbocycles. The van der Waals surface area contributed by atoms with Gasteiger partial charge in [0.05, 0.1) is 0 Å². The molecule has 2 aromatic rings. The minimum atomic E-state index is -0.253. The first kappa shape index (κ1) is 18.0. The summed E-state index contributed by atoms with van der Waals surface area (Å²) in [6, 6.07) is 11.0. The third-order valence-corrected chi connectivity index (χ3v) is 4.25. The van der Waals surface area contributed by atoms with Gasteiger partial charge in [0.2, 0.25) is 11.8 Å². The highest BCUT2D eigenvalue weighted by Crippen LogP contribution is 2.23. The van der Waals surface area contributed by atoms with E-state index in [1.165, 1.54) is 11.8 Å². The molecule has 0 aliphatic rings. The second-order valence-electron chi connectivity index (χ2n) is 5.83. The largest absolute Gasteiger partial charge is 0.324 e. The highest BCUT2D eigenvalue weighted by atomic mass is 35.5. The van der Waals surface area contributed by atoms with Crippen molar-refractivity contribution in [2.75, 3.05) is 16.8 Å². The molecule has 24 heavy (non-hydrogen) atoms. The van der Waals surface area contributed by atoms with Gasteiger partial charge in [-0.2, -0.15) is 0 Å². The first-order valence-corrected chi connectivity index (χ1v) is 8.07. The van der Waals surface area contributed by atoms with E-state index in [9.17, 15) is 9.59 Å². The van der Waals surface area contributed by atoms with Crippen molar-refractivity contribution in [1.29, 1.82) is 0 Å². The number of carbonyl (C=O) groups is 2. The molecule has 126 valence electrons. The minimum absolute atomic E-state index is 0.0400. The molecule has 0 fully saturated rings. The second-order valence-corrected chi connectivity index (χ2v) is 6.27. The number of benzene rings is 2. The summed E-state index contributed by atoms with van der Waals surface area (Å²) >= 11 is 5.93. The first-order chi connectivity index (χ1) is 11.3. The molecule has 0 aliphatic heterocycles. The van der Waals surface area contributed by atoms with E-state index in [2.05, 4.69) is 5.32 Å². The van der Waals surface area contributed by atoms with E-state index in [4.69, 9.17) is 11.6 Å². The van der Waals surface area contributed by atoms with Crippen LogP contribution in [0.1, 0.15) is 23.6 Å². The van der Waals surface area contributed by atoms with Gasteiger partial charge in [0.25, 0.3) is 0 Å². The SMILES string of the molecule is CC(=O)N(CC(=O)Nc1ccc(Cl)cc1C)c1cccc(C)c1C. The van der Waals surface area contributed by atoms with Gasteiger partial charge < -0.3 is 10.2 Å². The minimum Gasteiger partial charge on any atom is -0.324 e. The Bertz CT molecular complexity index is 787. The normalized spacial score (nSPS) is 10.4. The van der Waals surface area contributed by atoms with E-state index in [0.717, 1.165) is 22.4 Å². The smallest absolute Gasteiger partial charge is 0.244 e. The number of carbonyl (C=O) groups excluding carboxylic acids is 2. The number of nitrogens with one attached hydrogen (secondary N) is 1. The van der Waals surface area contributed by atoms with Crippen LogP contribution in [0.15, 0.2) is 36.4 Å². The monoisotopic (exact) mass is 344 g/mol. The van der Waals surface area contributed by atoms with Gasteiger partial charge >= 0.3 is 0 Å². The molecule has 4 nitrogen and oxygen atoms in total. The molecule has 2 rings (SSSR count). The molecule has 1 N–H and O–H groups in total. The Balaban J connectivity index is 2.20. The van der Waals surface area contributed by atoms with Crippen LogP contribution in [0.4, 0.5) is 11.4 Å². The number of halogens is 1. The summed E-state index contributed by atoms with van der Waals surface area (Å²) in [5.74, 6) is -0.428. The van der Waals surface area contributed by atoms with Crippen LogP contribution in [0.25, 0.3) is 0 Å². The number of rotatable bonds is 4. The molecule has 0 aromatic heterocycles. The van der Waals surface area contributed by atoms with Crippen molar-refractivity contribution < 1.29 is 9.59 Å². The van der Waals surface area contributed by atoms with E-state index >= 15 is 0 Å². The molecule has 0 atom stereocenters. The van der Waals surface area contributed by atoms with E-state index in [1.54, 1.807) is 18.2 Å². The van der Waals surface area contributed by atoms with Crippen molar-refractivity contribution in [2.45, 2.75) is 27.7 Å². The van der Waals surface area contributed by atoms with Gasteiger partial charge in [-0.1, -0.05) is 23.7 Å². The third kappa shape index (κ3) is 4.15. The van der Waals surface area contributed by atoms with Crippen molar-refractivity contribution in [2.24, 2.45) is 0 Å². The van der Waals surface area contributed by atoms with Gasteiger partial charge in [-0.3, -0.25) is 9.59 Å². The Morgan fingerprint density at radius 2 is 1.79 bits per heavy atom. The highest BCUT2D eigenvalue weighted by Gasteiger charge is 2.18. The van der Waals surface area contributed by atoms with Crippen LogP contribution in [-0.2, 0) is 9.59 Å². The highest BCUT2D eigenvalue weighted by molar-refractivity contribution is 6.30. The van der Waals surface area contributed by atoms with E-state index in [1.807, 2.05) is 39.0 Å². The lowest BCUT2D eigenvalue weighted by Crippen LogP contribution is -2.37. The van der Waals surface area contributed by atoms with E-state index in [-0.39, 0.29) is 18.4 Å². The summed E-state index contributed by atoms with van der Waals surface area (Å²) in [7, 11) is 0. The van der Waals surface area contributed by atoms with E-state index < -0.39 is 0 Å². The number of nitrogens with zero attached hydrogens (tertiary/aromatic N) is 1. The molecule has 0 bridgehead atoms. The zero-order valence-corrected chi connectivity index (χ0v) is 15.1. The fraction of sp³-hybridized carbons (Fsp3) is 0.263. The summed E-state index contributed by atoms with van der Waals surface area (Å²) < 4.78 is 0. The zero-order chi connectivity index (χ0) is 17.9. The average Bonchev–Trinajstić information content (AvgIpc) is 2.50. The Morgan fingerprint density at radius 3 is 2.42 bits per heavy atom. The fourth-order valence-electron chi connectivity index (χ4n) is 2.49. The molecular formula is C19H21ClN2O2. The Kier molecular flexibility index (Phi) is 5.62. The molecule has 2 amide bonds. The Hall–Kier alpha value is -2.33. The van der Waals surface area contributed by atoms with Crippen LogP contribution in [0.2, 0.25) is 5.02 Å². The molecule has 0 saturated heterocycles. The van der Waals surface area contributed by atoms with Gasteiger partial charge in [-0.05, 0) is 61.7 Å². The predicted octanol–water partition coefficient (Wildman–Crippen LogP) is 4.26. The summed E-state index contributed by atoms with van der Waals surface area (Å²) in [6.07, 6.45) is 0. The van der Waals surface area contributed by atoms with Crippen LogP contribution >= 0.6 is 11.6 Å². The van der Waals surface area contributed by atoms with Crippen molar-refractivity contribution in [3.8, 4) is 0 Å². The van der Waals surface area contributed by atoms with Crippen molar-refractivity contribution in [3.63, 3.8) is 0 Å². The Labute approximate surface area is 147 Å². The Morgan fingerprint density at radius 1 is 1.08 bits per heavy atom. The lowest BCUT2D eigenvalue weighted by Gasteiger charge is -2.23. The molecule has 0 spiro atoms. The molecule has 0 aliphatic carbocycles. The average molecular weight is 345 g/mol. The summed E-state index contributed by atoms with van der Waals surface area (Å²) in [5, 5.41) is 3.45. The zero-order valence-electron chi connectivity index (χ0n) is 14.3. The molecule has 0 radical (unpaired) electrons. The molecule has 0 unspecified atom stereocenters. The lowest BCUT2D eigenvalue weighted by molar-refractivity contribution is -0.120. The van der Waals surface area contributed by atoms with Crippen LogP contribution < -0.4 is 10.2 Å². The summed E-state index contributed by atoms with van der Waals surface area (Å²) in [4.78, 5) is 25.9. The molecule has 0 saturated carbocycles. The maximum atomic E-state index is 12.4. The standard InChI is InChI=1S/C19H21ClN2O2/c1-12-6-5-7-18(14(12)3)22(15(4)23)11-19(24)21-17-9-8-16(20)10-13(17)2/h5-10H,11H2,1-4H3,(H,21,24). The van der Waals surface area contributed by atoms with Crippen molar-refractivity contribution in [1.82, 2.24) is 0 Å². The molecule has 0 heterocycles. The van der Waals surface area contributed by atoms with Crippen LogP contribution in [0.5, 0.6) is 0 Å². The molecule has 5 heteroatoms. The predicted molar refractivity (Wildman–Crippen MR) is 98.8 cm³/mol. The summed E-state index contributed by atoms with van der Waals surface area (Å²) in [5.41, 5.74) is 4.38. The van der Waals surface area contributed by atoms with Crippen LogP contribution in [0, 0.1) is 20.8 Å². The van der Waals surface area contributed by atoms with Gasteiger partial charge in [0.15, 0.2) is 0 Å². The number of aryl methyl sites for hydroxylation is 2. The van der Waals surface area contributed by atoms with Crippen molar-refractivity contribution >= 4 is 34.8 Å². The lowest BCUT2D eigenvalue weighted by atomic mass is 10.1. The van der Waals surface area contributed by atoms with Crippen molar-refractivity contribution in [3.05, 3.63) is 58.1 Å². The first-order valence-electron chi connectivity index (χ1n) is 7.70. The maximum Gasteiger partial charge on any atom is 0.244 e. The topological polar surface area (TPSA) is 49.4 Å². The molecular weight excluding hydrogens is 324 g/mol. The summed E-state index contributed by atoms with van der Waals surface area (Å²) in [6.45, 7) is 7.22. The number of hydrogen-bond acceptors (Lipinski definition) is 2. The van der Waals surface area contributed by atoms with Gasteiger partial charge in [0, 0.05) is 23.3 Å². The second kappa shape index (κ2) is 7.49. The quantitative estimate of drug-likeness (QED) is 0.901. The van der Waals surface area contributed by atoms with Crippen LogP contribution in [0.3, 0.4) is 0 Å². The van der Waals surface area contributed by atoms with Gasteiger partial charge in [0.1, 0.15) is 6.54 Å². The number of amides is 2. The van der Waals surface area contributed by atoms with Gasteiger partial charge in [-0.15, -0.1) is 0 Å². The van der Waals surface area contributed by atoms with E-state index in [0.29, 0.717) is 10.7 Å². The van der Waals surface area contributed by atoms with Gasteiger partial charge in [-0.25, -0.2) is 0 Å².